The molecule has 6 heteroatoms. The van der Waals surface area contributed by atoms with Crippen molar-refractivity contribution < 1.29 is 4.79 Å². The van der Waals surface area contributed by atoms with Crippen LogP contribution in [-0.4, -0.2) is 54.0 Å². The van der Waals surface area contributed by atoms with Crippen LogP contribution in [-0.2, 0) is 4.79 Å². The third kappa shape index (κ3) is 3.85. The summed E-state index contributed by atoms with van der Waals surface area (Å²) in [6.07, 6.45) is 6.19. The van der Waals surface area contributed by atoms with Crippen molar-refractivity contribution in [3.05, 3.63) is 34.9 Å². The van der Waals surface area contributed by atoms with E-state index in [0.717, 1.165) is 43.7 Å². The molecule has 1 aromatic rings. The lowest BCUT2D eigenvalue weighted by Gasteiger charge is -2.38. The number of benzene rings is 1. The van der Waals surface area contributed by atoms with Gasteiger partial charge in [-0.15, -0.1) is 0 Å². The number of hydrogen-bond donors (Lipinski definition) is 2. The number of nitrogens with one attached hydrogen (secondary N) is 2. The van der Waals surface area contributed by atoms with Gasteiger partial charge in [0.05, 0.1) is 0 Å². The van der Waals surface area contributed by atoms with Crippen LogP contribution in [0.1, 0.15) is 43.7 Å². The smallest absolute Gasteiger partial charge is 0.241 e. The zero-order valence-corrected chi connectivity index (χ0v) is 15.3. The molecule has 2 atom stereocenters. The fraction of sp³-hybridized carbons (Fsp3) is 0.632. The summed E-state index contributed by atoms with van der Waals surface area (Å²) in [5.41, 5.74) is 7.63. The van der Waals surface area contributed by atoms with Crippen LogP contribution in [0.2, 0.25) is 5.02 Å². The molecule has 0 spiro atoms. The van der Waals surface area contributed by atoms with E-state index in [-0.39, 0.29) is 18.0 Å². The van der Waals surface area contributed by atoms with E-state index in [1.54, 1.807) is 0 Å². The van der Waals surface area contributed by atoms with Crippen LogP contribution in [0.25, 0.3) is 0 Å². The molecule has 25 heavy (non-hydrogen) atoms. The number of piperazine rings is 1. The van der Waals surface area contributed by atoms with Gasteiger partial charge in [-0.25, -0.2) is 10.9 Å². The molecule has 2 unspecified atom stereocenters. The molecule has 1 aromatic carbocycles. The van der Waals surface area contributed by atoms with Gasteiger partial charge in [0.25, 0.3) is 0 Å². The first-order valence-corrected chi connectivity index (χ1v) is 9.88. The zero-order valence-electron chi connectivity index (χ0n) is 14.6. The highest BCUT2D eigenvalue weighted by atomic mass is 35.5. The molecule has 2 N–H and O–H groups in total. The molecule has 0 radical (unpaired) electrons. The monoisotopic (exact) mass is 362 g/mol. The van der Waals surface area contributed by atoms with Crippen LogP contribution in [0, 0.1) is 0 Å². The fourth-order valence-electron chi connectivity index (χ4n) is 4.43. The van der Waals surface area contributed by atoms with Crippen molar-refractivity contribution in [1.82, 2.24) is 20.7 Å². The summed E-state index contributed by atoms with van der Waals surface area (Å²) >= 11 is 5.96. The predicted molar refractivity (Wildman–Crippen MR) is 99.3 cm³/mol. The zero-order chi connectivity index (χ0) is 17.2. The van der Waals surface area contributed by atoms with Gasteiger partial charge in [-0.1, -0.05) is 36.6 Å². The third-order valence-electron chi connectivity index (χ3n) is 5.94. The Morgan fingerprint density at radius 3 is 2.36 bits per heavy atom. The van der Waals surface area contributed by atoms with Gasteiger partial charge in [0, 0.05) is 43.3 Å². The van der Waals surface area contributed by atoms with Crippen molar-refractivity contribution in [3.8, 4) is 0 Å². The van der Waals surface area contributed by atoms with Gasteiger partial charge in [-0.2, -0.15) is 0 Å². The molecule has 1 amide bonds. The van der Waals surface area contributed by atoms with Crippen LogP contribution in [0.15, 0.2) is 24.3 Å². The van der Waals surface area contributed by atoms with Gasteiger partial charge < -0.3 is 4.90 Å². The molecule has 2 heterocycles. The quantitative estimate of drug-likeness (QED) is 0.866. The summed E-state index contributed by atoms with van der Waals surface area (Å²) in [5, 5.41) is 0.738. The van der Waals surface area contributed by atoms with Crippen LogP contribution in [0.4, 0.5) is 0 Å². The minimum absolute atomic E-state index is 0.140. The van der Waals surface area contributed by atoms with E-state index in [4.69, 9.17) is 11.6 Å². The summed E-state index contributed by atoms with van der Waals surface area (Å²) in [5.74, 6) is 0.232. The minimum Gasteiger partial charge on any atom is -0.339 e. The molecule has 1 saturated carbocycles. The molecule has 3 fully saturated rings. The Labute approximate surface area is 154 Å². The maximum absolute atomic E-state index is 12.8. The van der Waals surface area contributed by atoms with Crippen molar-refractivity contribution in [2.45, 2.75) is 50.2 Å². The highest BCUT2D eigenvalue weighted by Crippen LogP contribution is 2.26. The average Bonchev–Trinajstić information content (AvgIpc) is 3.34. The van der Waals surface area contributed by atoms with E-state index in [9.17, 15) is 4.79 Å². The van der Waals surface area contributed by atoms with E-state index in [1.807, 2.05) is 29.2 Å². The summed E-state index contributed by atoms with van der Waals surface area (Å²) < 4.78 is 0. The van der Waals surface area contributed by atoms with E-state index < -0.39 is 0 Å². The first-order valence-electron chi connectivity index (χ1n) is 9.50. The first kappa shape index (κ1) is 17.3. The standard InChI is InChI=1S/C19H27ClN4O/c20-15-7-5-14(6-8-15)17-13-18(22-21-17)19(25)24-11-9-23(10-12-24)16-3-1-2-4-16/h5-8,16-18,21-22H,1-4,9-13H2. The molecule has 2 saturated heterocycles. The number of amides is 1. The number of carbonyl (C=O) groups is 1. The van der Waals surface area contributed by atoms with Gasteiger partial charge in [0.1, 0.15) is 6.04 Å². The molecule has 3 aliphatic rings. The number of nitrogens with zero attached hydrogens (tertiary/aromatic N) is 2. The maximum Gasteiger partial charge on any atom is 0.241 e. The number of halogens is 1. The number of hydrogen-bond acceptors (Lipinski definition) is 4. The molecule has 136 valence electrons. The SMILES string of the molecule is O=C(C1CC(c2ccc(Cl)cc2)NN1)N1CCN(C2CCCC2)CC1. The molecule has 1 aliphatic carbocycles. The van der Waals surface area contributed by atoms with Crippen molar-refractivity contribution >= 4 is 17.5 Å². The molecule has 2 aliphatic heterocycles. The van der Waals surface area contributed by atoms with Crippen LogP contribution >= 0.6 is 11.6 Å². The maximum atomic E-state index is 12.8. The lowest BCUT2D eigenvalue weighted by molar-refractivity contribution is -0.135. The lowest BCUT2D eigenvalue weighted by Crippen LogP contribution is -2.55. The molecule has 0 bridgehead atoms. The molecule has 4 rings (SSSR count). The fourth-order valence-corrected chi connectivity index (χ4v) is 4.56. The summed E-state index contributed by atoms with van der Waals surface area (Å²) in [6, 6.07) is 8.62. The Balaban J connectivity index is 1.29. The first-order chi connectivity index (χ1) is 12.2. The van der Waals surface area contributed by atoms with Gasteiger partial charge in [0.15, 0.2) is 0 Å². The normalized spacial score (nSPS) is 28.6. The minimum atomic E-state index is -0.140. The van der Waals surface area contributed by atoms with Crippen LogP contribution < -0.4 is 10.9 Å². The second-order valence-electron chi connectivity index (χ2n) is 7.48. The van der Waals surface area contributed by atoms with E-state index in [0.29, 0.717) is 0 Å². The molecule has 0 aromatic heterocycles. The van der Waals surface area contributed by atoms with Crippen LogP contribution in [0.3, 0.4) is 0 Å². The van der Waals surface area contributed by atoms with Gasteiger partial charge in [0.2, 0.25) is 5.91 Å². The van der Waals surface area contributed by atoms with Crippen molar-refractivity contribution in [2.75, 3.05) is 26.2 Å². The van der Waals surface area contributed by atoms with E-state index in [1.165, 1.54) is 31.2 Å². The third-order valence-corrected chi connectivity index (χ3v) is 6.19. The topological polar surface area (TPSA) is 47.6 Å². The van der Waals surface area contributed by atoms with Crippen molar-refractivity contribution in [1.29, 1.82) is 0 Å². The van der Waals surface area contributed by atoms with Gasteiger partial charge in [-0.3, -0.25) is 9.69 Å². The lowest BCUT2D eigenvalue weighted by atomic mass is 10.0. The van der Waals surface area contributed by atoms with E-state index >= 15 is 0 Å². The Kier molecular flexibility index (Phi) is 5.27. The largest absolute Gasteiger partial charge is 0.339 e. The highest BCUT2D eigenvalue weighted by Gasteiger charge is 2.35. The summed E-state index contributed by atoms with van der Waals surface area (Å²) in [7, 11) is 0. The summed E-state index contributed by atoms with van der Waals surface area (Å²) in [4.78, 5) is 17.5. The average molecular weight is 363 g/mol. The van der Waals surface area contributed by atoms with Crippen molar-refractivity contribution in [3.63, 3.8) is 0 Å². The number of rotatable bonds is 3. The second kappa shape index (κ2) is 7.62. The van der Waals surface area contributed by atoms with Gasteiger partial charge >= 0.3 is 0 Å². The Hall–Kier alpha value is -1.14. The summed E-state index contributed by atoms with van der Waals surface area (Å²) in [6.45, 7) is 3.77. The highest BCUT2D eigenvalue weighted by molar-refractivity contribution is 6.30. The molecule has 5 nitrogen and oxygen atoms in total. The van der Waals surface area contributed by atoms with E-state index in [2.05, 4.69) is 15.8 Å². The predicted octanol–water partition coefficient (Wildman–Crippen LogP) is 2.33. The van der Waals surface area contributed by atoms with Crippen LogP contribution in [0.5, 0.6) is 0 Å². The number of hydrazine groups is 1. The Morgan fingerprint density at radius 1 is 1.00 bits per heavy atom. The second-order valence-corrected chi connectivity index (χ2v) is 7.92. The Bertz CT molecular complexity index is 594. The van der Waals surface area contributed by atoms with Crippen molar-refractivity contribution in [2.24, 2.45) is 0 Å². The number of carbonyl (C=O) groups excluding carboxylic acids is 1. The molecular weight excluding hydrogens is 336 g/mol. The Morgan fingerprint density at radius 2 is 1.68 bits per heavy atom. The molecular formula is C19H27ClN4O. The van der Waals surface area contributed by atoms with Gasteiger partial charge in [-0.05, 0) is 37.0 Å².